The molecule has 1 atom stereocenters. The summed E-state index contributed by atoms with van der Waals surface area (Å²) in [5.74, 6) is -0.198. The van der Waals surface area contributed by atoms with Gasteiger partial charge < -0.3 is 20.7 Å². The van der Waals surface area contributed by atoms with Crippen molar-refractivity contribution in [2.24, 2.45) is 5.73 Å². The number of carbonyl (C=O) groups excluding carboxylic acids is 2. The number of amides is 2. The molecule has 3 N–H and O–H groups in total. The first-order valence-corrected chi connectivity index (χ1v) is 6.38. The fraction of sp³-hybridized carbons (Fsp3) is 0.538. The van der Waals surface area contributed by atoms with Crippen LogP contribution in [0.4, 0.5) is 10.6 Å². The fourth-order valence-electron chi connectivity index (χ4n) is 1.44. The van der Waals surface area contributed by atoms with Crippen molar-refractivity contribution in [3.05, 3.63) is 18.1 Å². The first-order valence-electron chi connectivity index (χ1n) is 6.38. The Bertz CT molecular complexity index is 525. The minimum absolute atomic E-state index is 0.250. The summed E-state index contributed by atoms with van der Waals surface area (Å²) in [6, 6.07) is -1.10. The number of rotatable bonds is 4. The minimum Gasteiger partial charge on any atom is -0.444 e. The maximum atomic E-state index is 11.8. The van der Waals surface area contributed by atoms with E-state index in [1.807, 2.05) is 0 Å². The van der Waals surface area contributed by atoms with Gasteiger partial charge in [0.25, 0.3) is 0 Å². The molecule has 0 saturated heterocycles. The van der Waals surface area contributed by atoms with E-state index >= 15 is 0 Å². The van der Waals surface area contributed by atoms with Crippen molar-refractivity contribution in [1.29, 1.82) is 0 Å². The molecule has 1 unspecified atom stereocenters. The molecule has 0 aliphatic carbocycles. The Morgan fingerprint density at radius 2 is 1.95 bits per heavy atom. The maximum absolute atomic E-state index is 11.8. The zero-order valence-electron chi connectivity index (χ0n) is 12.9. The second-order valence-corrected chi connectivity index (χ2v) is 5.68. The van der Waals surface area contributed by atoms with Crippen molar-refractivity contribution in [1.82, 2.24) is 15.3 Å². The topological polar surface area (TPSA) is 110 Å². The summed E-state index contributed by atoms with van der Waals surface area (Å²) in [6.45, 7) is 5.16. The molecule has 0 spiro atoms. The van der Waals surface area contributed by atoms with E-state index in [1.165, 1.54) is 12.4 Å². The predicted molar refractivity (Wildman–Crippen MR) is 77.7 cm³/mol. The zero-order valence-corrected chi connectivity index (χ0v) is 12.9. The number of ether oxygens (including phenoxy) is 1. The van der Waals surface area contributed by atoms with E-state index in [9.17, 15) is 9.59 Å². The molecule has 0 radical (unpaired) electrons. The van der Waals surface area contributed by atoms with Crippen LogP contribution < -0.4 is 16.0 Å². The first-order chi connectivity index (χ1) is 9.60. The molecule has 0 aliphatic rings. The van der Waals surface area contributed by atoms with E-state index in [1.54, 1.807) is 39.8 Å². The molecule has 116 valence electrons. The summed E-state index contributed by atoms with van der Waals surface area (Å²) in [7, 11) is 3.57. The highest BCUT2D eigenvalue weighted by molar-refractivity contribution is 5.85. The molecule has 8 heteroatoms. The van der Waals surface area contributed by atoms with Gasteiger partial charge in [0.05, 0.1) is 18.1 Å². The number of alkyl carbamates (subject to hydrolysis) is 1. The highest BCUT2D eigenvalue weighted by atomic mass is 16.6. The molecule has 21 heavy (non-hydrogen) atoms. The number of nitrogens with one attached hydrogen (secondary N) is 1. The Labute approximate surface area is 123 Å². The largest absolute Gasteiger partial charge is 0.444 e. The van der Waals surface area contributed by atoms with Gasteiger partial charge in [0.2, 0.25) is 5.91 Å². The SMILES string of the molecule is CN(C)c1cncc(C(NC(=O)OC(C)(C)C)C(N)=O)n1. The van der Waals surface area contributed by atoms with Gasteiger partial charge in [-0.2, -0.15) is 0 Å². The van der Waals surface area contributed by atoms with Gasteiger partial charge >= 0.3 is 6.09 Å². The Kier molecular flexibility index (Phi) is 5.07. The van der Waals surface area contributed by atoms with E-state index in [2.05, 4.69) is 15.3 Å². The molecule has 0 saturated carbocycles. The third-order valence-electron chi connectivity index (χ3n) is 2.34. The van der Waals surface area contributed by atoms with Crippen molar-refractivity contribution in [2.45, 2.75) is 32.4 Å². The van der Waals surface area contributed by atoms with E-state index in [4.69, 9.17) is 10.5 Å². The van der Waals surface area contributed by atoms with Gasteiger partial charge in [-0.3, -0.25) is 9.78 Å². The highest BCUT2D eigenvalue weighted by Gasteiger charge is 2.25. The zero-order chi connectivity index (χ0) is 16.2. The second kappa shape index (κ2) is 6.38. The monoisotopic (exact) mass is 295 g/mol. The summed E-state index contributed by atoms with van der Waals surface area (Å²) < 4.78 is 5.10. The summed E-state index contributed by atoms with van der Waals surface area (Å²) >= 11 is 0. The average molecular weight is 295 g/mol. The van der Waals surface area contributed by atoms with E-state index in [-0.39, 0.29) is 5.69 Å². The summed E-state index contributed by atoms with van der Waals surface area (Å²) in [4.78, 5) is 33.3. The summed E-state index contributed by atoms with van der Waals surface area (Å²) in [6.07, 6.45) is 2.16. The van der Waals surface area contributed by atoms with Crippen LogP contribution in [0.1, 0.15) is 32.5 Å². The third kappa shape index (κ3) is 5.25. The molecule has 1 rings (SSSR count). The smallest absolute Gasteiger partial charge is 0.408 e. The highest BCUT2D eigenvalue weighted by Crippen LogP contribution is 2.14. The van der Waals surface area contributed by atoms with Crippen LogP contribution >= 0.6 is 0 Å². The van der Waals surface area contributed by atoms with Crippen LogP contribution in [0.15, 0.2) is 12.4 Å². The van der Waals surface area contributed by atoms with Gasteiger partial charge in [-0.25, -0.2) is 9.78 Å². The van der Waals surface area contributed by atoms with Crippen molar-refractivity contribution in [3.63, 3.8) is 0 Å². The minimum atomic E-state index is -1.10. The number of nitrogens with two attached hydrogens (primary N) is 1. The lowest BCUT2D eigenvalue weighted by atomic mass is 10.2. The fourth-order valence-corrected chi connectivity index (χ4v) is 1.44. The Morgan fingerprint density at radius 3 is 2.43 bits per heavy atom. The molecule has 0 aliphatic heterocycles. The van der Waals surface area contributed by atoms with Crippen LogP contribution in [0.5, 0.6) is 0 Å². The number of hydrogen-bond acceptors (Lipinski definition) is 6. The lowest BCUT2D eigenvalue weighted by Crippen LogP contribution is -2.41. The quantitative estimate of drug-likeness (QED) is 0.841. The molecule has 0 fully saturated rings. The first kappa shape index (κ1) is 16.7. The average Bonchev–Trinajstić information content (AvgIpc) is 2.33. The molecule has 0 aromatic carbocycles. The third-order valence-corrected chi connectivity index (χ3v) is 2.34. The lowest BCUT2D eigenvalue weighted by Gasteiger charge is -2.22. The Hall–Kier alpha value is -2.38. The lowest BCUT2D eigenvalue weighted by molar-refractivity contribution is -0.120. The van der Waals surface area contributed by atoms with Crippen LogP contribution in [0, 0.1) is 0 Å². The normalized spacial score (nSPS) is 12.4. The number of hydrogen-bond donors (Lipinski definition) is 2. The molecule has 1 heterocycles. The van der Waals surface area contributed by atoms with Gasteiger partial charge in [-0.05, 0) is 20.8 Å². The van der Waals surface area contributed by atoms with Gasteiger partial charge in [0, 0.05) is 14.1 Å². The van der Waals surface area contributed by atoms with Gasteiger partial charge in [-0.15, -0.1) is 0 Å². The van der Waals surface area contributed by atoms with Crippen molar-refractivity contribution >= 4 is 17.8 Å². The summed E-state index contributed by atoms with van der Waals surface area (Å²) in [5, 5.41) is 2.40. The number of aromatic nitrogens is 2. The molecule has 0 bridgehead atoms. The van der Waals surface area contributed by atoms with Crippen LogP contribution in [-0.2, 0) is 9.53 Å². The molecular formula is C13H21N5O3. The molecule has 1 aromatic rings. The standard InChI is InChI=1S/C13H21N5O3/c1-13(2,3)21-12(20)17-10(11(14)19)8-6-15-7-9(16-8)18(4)5/h6-7,10H,1-5H3,(H2,14,19)(H,17,20). The van der Waals surface area contributed by atoms with Crippen LogP contribution in [-0.4, -0.2) is 41.7 Å². The van der Waals surface area contributed by atoms with Crippen LogP contribution in [0.2, 0.25) is 0 Å². The maximum Gasteiger partial charge on any atom is 0.408 e. The molecule has 1 aromatic heterocycles. The summed E-state index contributed by atoms with van der Waals surface area (Å²) in [5.41, 5.74) is 4.89. The number of primary amides is 1. The van der Waals surface area contributed by atoms with E-state index in [0.717, 1.165) is 0 Å². The van der Waals surface area contributed by atoms with E-state index in [0.29, 0.717) is 5.82 Å². The van der Waals surface area contributed by atoms with Crippen molar-refractivity contribution < 1.29 is 14.3 Å². The van der Waals surface area contributed by atoms with Crippen molar-refractivity contribution in [3.8, 4) is 0 Å². The molecular weight excluding hydrogens is 274 g/mol. The molecule has 2 amide bonds. The molecule has 8 nitrogen and oxygen atoms in total. The number of carbonyl (C=O) groups is 2. The van der Waals surface area contributed by atoms with Gasteiger partial charge in [0.15, 0.2) is 6.04 Å². The number of nitrogens with zero attached hydrogens (tertiary/aromatic N) is 3. The predicted octanol–water partition coefficient (Wildman–Crippen LogP) is 0.594. The van der Waals surface area contributed by atoms with Gasteiger partial charge in [-0.1, -0.05) is 0 Å². The van der Waals surface area contributed by atoms with Crippen LogP contribution in [0.3, 0.4) is 0 Å². The Morgan fingerprint density at radius 1 is 1.33 bits per heavy atom. The number of anilines is 1. The second-order valence-electron chi connectivity index (χ2n) is 5.68. The van der Waals surface area contributed by atoms with Crippen molar-refractivity contribution in [2.75, 3.05) is 19.0 Å². The van der Waals surface area contributed by atoms with Gasteiger partial charge in [0.1, 0.15) is 11.4 Å². The van der Waals surface area contributed by atoms with Crippen LogP contribution in [0.25, 0.3) is 0 Å². The van der Waals surface area contributed by atoms with E-state index < -0.39 is 23.6 Å². The Balaban J connectivity index is 2.95.